The molecule has 1 fully saturated rings. The Balaban J connectivity index is 2.22. The van der Waals surface area contributed by atoms with Crippen molar-refractivity contribution in [2.45, 2.75) is 6.42 Å². The largest absolute Gasteiger partial charge is 0.467 e. The molecule has 0 amide bonds. The zero-order chi connectivity index (χ0) is 11.4. The number of nitrogens with zero attached hydrogens (tertiary/aromatic N) is 3. The average Bonchev–Trinajstić information content (AvgIpc) is 2.58. The van der Waals surface area contributed by atoms with E-state index in [1.54, 1.807) is 13.3 Å². The number of rotatable bonds is 2. The Labute approximate surface area is 99.8 Å². The molecule has 0 bridgehead atoms. The third-order valence-corrected chi connectivity index (χ3v) is 2.79. The van der Waals surface area contributed by atoms with Crippen molar-refractivity contribution in [2.75, 3.05) is 38.2 Å². The minimum atomic E-state index is 0.358. The topological polar surface area (TPSA) is 50.3 Å². The van der Waals surface area contributed by atoms with Gasteiger partial charge in [0, 0.05) is 19.6 Å². The molecule has 0 saturated carbocycles. The summed E-state index contributed by atoms with van der Waals surface area (Å²) in [4.78, 5) is 10.4. The number of halogens is 1. The monoisotopic (exact) mass is 242 g/mol. The van der Waals surface area contributed by atoms with Gasteiger partial charge in [-0.25, -0.2) is 4.98 Å². The van der Waals surface area contributed by atoms with Crippen LogP contribution in [0.3, 0.4) is 0 Å². The van der Waals surface area contributed by atoms with Crippen molar-refractivity contribution in [3.8, 4) is 6.01 Å². The predicted octanol–water partition coefficient (Wildman–Crippen LogP) is 0.938. The molecule has 6 heteroatoms. The van der Waals surface area contributed by atoms with E-state index in [2.05, 4.69) is 20.2 Å². The third-order valence-electron chi connectivity index (χ3n) is 2.53. The van der Waals surface area contributed by atoms with Crippen molar-refractivity contribution in [2.24, 2.45) is 0 Å². The summed E-state index contributed by atoms with van der Waals surface area (Å²) in [5, 5.41) is 3.91. The van der Waals surface area contributed by atoms with E-state index < -0.39 is 0 Å². The summed E-state index contributed by atoms with van der Waals surface area (Å²) in [7, 11) is 1.55. The predicted molar refractivity (Wildman–Crippen MR) is 63.3 cm³/mol. The molecule has 5 nitrogen and oxygen atoms in total. The van der Waals surface area contributed by atoms with E-state index in [-0.39, 0.29) is 0 Å². The van der Waals surface area contributed by atoms with Gasteiger partial charge in [-0.3, -0.25) is 0 Å². The van der Waals surface area contributed by atoms with Crippen LogP contribution in [-0.4, -0.2) is 43.3 Å². The van der Waals surface area contributed by atoms with Gasteiger partial charge in [-0.15, -0.1) is 0 Å². The van der Waals surface area contributed by atoms with Gasteiger partial charge in [0.2, 0.25) is 0 Å². The van der Waals surface area contributed by atoms with Gasteiger partial charge in [-0.05, 0) is 13.0 Å². The van der Waals surface area contributed by atoms with Gasteiger partial charge in [-0.1, -0.05) is 11.6 Å². The Hall–Kier alpha value is -1.07. The summed E-state index contributed by atoms with van der Waals surface area (Å²) in [5.74, 6) is 0.761. The highest BCUT2D eigenvalue weighted by Gasteiger charge is 2.15. The summed E-state index contributed by atoms with van der Waals surface area (Å²) in [6.45, 7) is 3.84. The first-order valence-electron chi connectivity index (χ1n) is 5.33. The Morgan fingerprint density at radius 2 is 2.31 bits per heavy atom. The molecule has 0 aliphatic carbocycles. The van der Waals surface area contributed by atoms with Crippen LogP contribution >= 0.6 is 11.6 Å². The van der Waals surface area contributed by atoms with Crippen molar-refractivity contribution in [1.29, 1.82) is 0 Å². The zero-order valence-electron chi connectivity index (χ0n) is 9.24. The number of methoxy groups -OCH3 is 1. The number of nitrogens with one attached hydrogen (secondary N) is 1. The van der Waals surface area contributed by atoms with Gasteiger partial charge < -0.3 is 15.0 Å². The van der Waals surface area contributed by atoms with E-state index in [0.29, 0.717) is 11.0 Å². The second-order valence-corrected chi connectivity index (χ2v) is 4.03. The normalized spacial score (nSPS) is 17.0. The van der Waals surface area contributed by atoms with Gasteiger partial charge in [0.15, 0.2) is 5.82 Å². The first-order valence-corrected chi connectivity index (χ1v) is 5.71. The van der Waals surface area contributed by atoms with Crippen molar-refractivity contribution in [3.05, 3.63) is 11.2 Å². The number of aromatic nitrogens is 2. The molecule has 1 aliphatic heterocycles. The van der Waals surface area contributed by atoms with E-state index in [1.165, 1.54) is 0 Å². The summed E-state index contributed by atoms with van der Waals surface area (Å²) >= 11 is 6.10. The average molecular weight is 243 g/mol. The Morgan fingerprint density at radius 1 is 1.44 bits per heavy atom. The van der Waals surface area contributed by atoms with E-state index >= 15 is 0 Å². The highest BCUT2D eigenvalue weighted by atomic mass is 35.5. The molecule has 1 N–H and O–H groups in total. The molecule has 88 valence electrons. The number of hydrogen-bond acceptors (Lipinski definition) is 5. The number of anilines is 1. The molecular formula is C10H15ClN4O. The molecule has 0 spiro atoms. The molecular weight excluding hydrogens is 228 g/mol. The van der Waals surface area contributed by atoms with E-state index in [9.17, 15) is 0 Å². The molecule has 0 atom stereocenters. The van der Waals surface area contributed by atoms with Gasteiger partial charge >= 0.3 is 6.01 Å². The minimum Gasteiger partial charge on any atom is -0.467 e. The van der Waals surface area contributed by atoms with E-state index in [0.717, 1.165) is 38.4 Å². The van der Waals surface area contributed by atoms with Crippen LogP contribution in [0.5, 0.6) is 6.01 Å². The van der Waals surface area contributed by atoms with Crippen LogP contribution in [0.4, 0.5) is 5.82 Å². The molecule has 1 saturated heterocycles. The molecule has 1 aromatic rings. The van der Waals surface area contributed by atoms with Crippen LogP contribution in [-0.2, 0) is 0 Å². The minimum absolute atomic E-state index is 0.358. The fraction of sp³-hybridized carbons (Fsp3) is 0.600. The molecule has 1 aliphatic rings. The van der Waals surface area contributed by atoms with Gasteiger partial charge in [0.05, 0.1) is 13.3 Å². The lowest BCUT2D eigenvalue weighted by Gasteiger charge is -2.21. The molecule has 2 rings (SSSR count). The summed E-state index contributed by atoms with van der Waals surface area (Å²) in [5.41, 5.74) is 0. The summed E-state index contributed by atoms with van der Waals surface area (Å²) < 4.78 is 5.01. The van der Waals surface area contributed by atoms with Crippen LogP contribution in [0.25, 0.3) is 0 Å². The van der Waals surface area contributed by atoms with Crippen molar-refractivity contribution >= 4 is 17.4 Å². The first-order chi connectivity index (χ1) is 7.81. The van der Waals surface area contributed by atoms with E-state index in [4.69, 9.17) is 16.3 Å². The maximum absolute atomic E-state index is 6.10. The number of ether oxygens (including phenoxy) is 1. The summed E-state index contributed by atoms with van der Waals surface area (Å²) in [6.07, 6.45) is 2.67. The van der Waals surface area contributed by atoms with Crippen LogP contribution in [0.1, 0.15) is 6.42 Å². The maximum Gasteiger partial charge on any atom is 0.318 e. The summed E-state index contributed by atoms with van der Waals surface area (Å²) in [6, 6.07) is 0.358. The first kappa shape index (κ1) is 11.4. The van der Waals surface area contributed by atoms with E-state index in [1.807, 2.05) is 0 Å². The molecule has 1 aromatic heterocycles. The van der Waals surface area contributed by atoms with Gasteiger partial charge in [0.1, 0.15) is 5.02 Å². The Morgan fingerprint density at radius 3 is 3.12 bits per heavy atom. The lowest BCUT2D eigenvalue weighted by atomic mass is 10.4. The fourth-order valence-corrected chi connectivity index (χ4v) is 1.93. The second-order valence-electron chi connectivity index (χ2n) is 3.62. The molecule has 0 aromatic carbocycles. The Kier molecular flexibility index (Phi) is 3.79. The maximum atomic E-state index is 6.10. The lowest BCUT2D eigenvalue weighted by Crippen LogP contribution is -2.29. The second kappa shape index (κ2) is 5.32. The fourth-order valence-electron chi connectivity index (χ4n) is 1.72. The SMILES string of the molecule is COc1ncc(Cl)c(N2CCCNCC2)n1. The number of hydrogen-bond donors (Lipinski definition) is 1. The molecule has 16 heavy (non-hydrogen) atoms. The third kappa shape index (κ3) is 2.54. The van der Waals surface area contributed by atoms with Crippen LogP contribution in [0.2, 0.25) is 5.02 Å². The lowest BCUT2D eigenvalue weighted by molar-refractivity contribution is 0.379. The Bertz CT molecular complexity index is 353. The quantitative estimate of drug-likeness (QED) is 0.837. The van der Waals surface area contributed by atoms with Crippen LogP contribution < -0.4 is 15.0 Å². The highest BCUT2D eigenvalue weighted by Crippen LogP contribution is 2.24. The molecule has 0 radical (unpaired) electrons. The van der Waals surface area contributed by atoms with Gasteiger partial charge in [0.25, 0.3) is 0 Å². The van der Waals surface area contributed by atoms with Crippen LogP contribution in [0.15, 0.2) is 6.20 Å². The standard InChI is InChI=1S/C10H15ClN4O/c1-16-10-13-7-8(11)9(14-10)15-5-2-3-12-4-6-15/h7,12H,2-6H2,1H3. The van der Waals surface area contributed by atoms with Crippen molar-refractivity contribution < 1.29 is 4.74 Å². The smallest absolute Gasteiger partial charge is 0.318 e. The van der Waals surface area contributed by atoms with Gasteiger partial charge in [-0.2, -0.15) is 4.98 Å². The van der Waals surface area contributed by atoms with Crippen LogP contribution in [0, 0.1) is 0 Å². The van der Waals surface area contributed by atoms with Crippen molar-refractivity contribution in [1.82, 2.24) is 15.3 Å². The molecule has 2 heterocycles. The zero-order valence-corrected chi connectivity index (χ0v) is 10.00. The molecule has 0 unspecified atom stereocenters. The highest BCUT2D eigenvalue weighted by molar-refractivity contribution is 6.32. The van der Waals surface area contributed by atoms with Crippen molar-refractivity contribution in [3.63, 3.8) is 0 Å².